The van der Waals surface area contributed by atoms with Crippen molar-refractivity contribution < 1.29 is 4.79 Å². The second-order valence-electron chi connectivity index (χ2n) is 5.32. The van der Waals surface area contributed by atoms with Crippen LogP contribution in [0.25, 0.3) is 34.1 Å². The van der Waals surface area contributed by atoms with Gasteiger partial charge in [-0.25, -0.2) is 0 Å². The van der Waals surface area contributed by atoms with Crippen molar-refractivity contribution in [3.63, 3.8) is 0 Å². The minimum absolute atomic E-state index is 0.455. The van der Waals surface area contributed by atoms with E-state index in [4.69, 9.17) is 0 Å². The van der Waals surface area contributed by atoms with Crippen LogP contribution < -0.4 is 0 Å². The van der Waals surface area contributed by atoms with Crippen LogP contribution in [-0.2, 0) is 0 Å². The van der Waals surface area contributed by atoms with E-state index in [9.17, 15) is 4.79 Å². The SMILES string of the molecule is O=Cc1nccc2c3ccccc3n(/C=C/c3ccccc3)c12. The van der Waals surface area contributed by atoms with E-state index in [1.165, 1.54) is 0 Å². The molecular formula is C20H14N2O. The Kier molecular flexibility index (Phi) is 3.24. The monoisotopic (exact) mass is 298 g/mol. The number of benzene rings is 2. The summed E-state index contributed by atoms with van der Waals surface area (Å²) in [6.07, 6.45) is 6.53. The van der Waals surface area contributed by atoms with E-state index in [0.29, 0.717) is 5.69 Å². The number of hydrogen-bond donors (Lipinski definition) is 0. The highest BCUT2D eigenvalue weighted by Gasteiger charge is 2.12. The maximum absolute atomic E-state index is 11.4. The zero-order valence-corrected chi connectivity index (χ0v) is 12.4. The largest absolute Gasteiger partial charge is 0.314 e. The summed E-state index contributed by atoms with van der Waals surface area (Å²) < 4.78 is 2.04. The van der Waals surface area contributed by atoms with E-state index < -0.39 is 0 Å². The van der Waals surface area contributed by atoms with Gasteiger partial charge in [-0.15, -0.1) is 0 Å². The van der Waals surface area contributed by atoms with E-state index in [-0.39, 0.29) is 0 Å². The van der Waals surface area contributed by atoms with Crippen molar-refractivity contribution in [3.8, 4) is 0 Å². The lowest BCUT2D eigenvalue weighted by atomic mass is 10.2. The molecule has 0 amide bonds. The quantitative estimate of drug-likeness (QED) is 0.517. The van der Waals surface area contributed by atoms with Gasteiger partial charge in [0.1, 0.15) is 5.69 Å². The van der Waals surface area contributed by atoms with Crippen molar-refractivity contribution in [3.05, 3.63) is 78.1 Å². The first-order valence-electron chi connectivity index (χ1n) is 7.44. The number of pyridine rings is 1. The third kappa shape index (κ3) is 2.23. The fraction of sp³-hybridized carbons (Fsp3) is 0. The summed E-state index contributed by atoms with van der Waals surface area (Å²) in [6.45, 7) is 0. The van der Waals surface area contributed by atoms with Crippen LogP contribution in [0.2, 0.25) is 0 Å². The van der Waals surface area contributed by atoms with E-state index in [1.807, 2.05) is 65.4 Å². The Hall–Kier alpha value is -3.20. The molecule has 3 nitrogen and oxygen atoms in total. The molecule has 4 rings (SSSR count). The van der Waals surface area contributed by atoms with E-state index in [1.54, 1.807) is 6.20 Å². The Morgan fingerprint density at radius 1 is 0.870 bits per heavy atom. The van der Waals surface area contributed by atoms with Crippen LogP contribution in [0.5, 0.6) is 0 Å². The summed E-state index contributed by atoms with van der Waals surface area (Å²) in [4.78, 5) is 15.6. The highest BCUT2D eigenvalue weighted by molar-refractivity contribution is 6.13. The first-order chi connectivity index (χ1) is 11.4. The standard InChI is InChI=1S/C20H14N2O/c23-14-18-20-17(10-12-21-18)16-8-4-5-9-19(16)22(20)13-11-15-6-2-1-3-7-15/h1-14H/b13-11+. The van der Waals surface area contributed by atoms with Crippen LogP contribution in [0.15, 0.2) is 66.9 Å². The number of aromatic nitrogens is 2. The number of rotatable bonds is 3. The predicted molar refractivity (Wildman–Crippen MR) is 94.3 cm³/mol. The number of hydrogen-bond acceptors (Lipinski definition) is 2. The summed E-state index contributed by atoms with van der Waals surface area (Å²) in [7, 11) is 0. The van der Waals surface area contributed by atoms with Gasteiger partial charge >= 0.3 is 0 Å². The van der Waals surface area contributed by atoms with Crippen molar-refractivity contribution in [2.45, 2.75) is 0 Å². The lowest BCUT2D eigenvalue weighted by molar-refractivity contribution is 0.112. The second-order valence-corrected chi connectivity index (χ2v) is 5.32. The molecule has 2 aromatic carbocycles. The lowest BCUT2D eigenvalue weighted by Crippen LogP contribution is -1.93. The van der Waals surface area contributed by atoms with Gasteiger partial charge in [0.2, 0.25) is 0 Å². The fourth-order valence-electron chi connectivity index (χ4n) is 2.94. The van der Waals surface area contributed by atoms with Crippen molar-refractivity contribution in [2.75, 3.05) is 0 Å². The van der Waals surface area contributed by atoms with Crippen LogP contribution in [0.1, 0.15) is 16.1 Å². The highest BCUT2D eigenvalue weighted by Crippen LogP contribution is 2.30. The second kappa shape index (κ2) is 5.54. The molecule has 0 saturated heterocycles. The predicted octanol–water partition coefficient (Wildman–Crippen LogP) is 4.63. The molecule has 23 heavy (non-hydrogen) atoms. The first-order valence-corrected chi connectivity index (χ1v) is 7.44. The molecule has 0 fully saturated rings. The highest BCUT2D eigenvalue weighted by atomic mass is 16.1. The summed E-state index contributed by atoms with van der Waals surface area (Å²) in [5.74, 6) is 0. The van der Waals surface area contributed by atoms with Crippen LogP contribution in [0.4, 0.5) is 0 Å². The van der Waals surface area contributed by atoms with E-state index in [2.05, 4.69) is 17.1 Å². The Morgan fingerprint density at radius 2 is 1.65 bits per heavy atom. The van der Waals surface area contributed by atoms with Gasteiger partial charge in [0.25, 0.3) is 0 Å². The van der Waals surface area contributed by atoms with E-state index in [0.717, 1.165) is 33.7 Å². The smallest absolute Gasteiger partial charge is 0.170 e. The maximum atomic E-state index is 11.4. The molecule has 0 atom stereocenters. The summed E-state index contributed by atoms with van der Waals surface area (Å²) in [6, 6.07) is 20.2. The molecule has 0 bridgehead atoms. The van der Waals surface area contributed by atoms with Gasteiger partial charge in [-0.1, -0.05) is 48.5 Å². The summed E-state index contributed by atoms with van der Waals surface area (Å²) in [5.41, 5.74) is 3.47. The van der Waals surface area contributed by atoms with Gasteiger partial charge in [0.05, 0.1) is 11.0 Å². The van der Waals surface area contributed by atoms with Crippen LogP contribution >= 0.6 is 0 Å². The third-order valence-corrected chi connectivity index (χ3v) is 3.97. The molecule has 0 unspecified atom stereocenters. The average molecular weight is 298 g/mol. The third-order valence-electron chi connectivity index (χ3n) is 3.97. The molecule has 0 aliphatic rings. The van der Waals surface area contributed by atoms with Gasteiger partial charge in [-0.2, -0.15) is 0 Å². The summed E-state index contributed by atoms with van der Waals surface area (Å²) in [5, 5.41) is 2.15. The summed E-state index contributed by atoms with van der Waals surface area (Å²) >= 11 is 0. The number of aldehydes is 1. The Labute approximate surface area is 133 Å². The molecule has 4 aromatic rings. The van der Waals surface area contributed by atoms with Gasteiger partial charge < -0.3 is 4.57 Å². The fourth-order valence-corrected chi connectivity index (χ4v) is 2.94. The normalized spacial score (nSPS) is 11.5. The molecule has 0 N–H and O–H groups in total. The van der Waals surface area contributed by atoms with Crippen molar-refractivity contribution >= 4 is 40.4 Å². The molecule has 0 aliphatic carbocycles. The molecule has 0 aliphatic heterocycles. The zero-order chi connectivity index (χ0) is 15.6. The Bertz CT molecular complexity index is 1030. The van der Waals surface area contributed by atoms with Gasteiger partial charge in [0, 0.05) is 23.2 Å². The molecule has 0 radical (unpaired) electrons. The zero-order valence-electron chi connectivity index (χ0n) is 12.4. The minimum Gasteiger partial charge on any atom is -0.314 e. The number of carbonyl (C=O) groups is 1. The molecule has 0 spiro atoms. The van der Waals surface area contributed by atoms with E-state index >= 15 is 0 Å². The van der Waals surface area contributed by atoms with Crippen LogP contribution in [-0.4, -0.2) is 15.8 Å². The number of fused-ring (bicyclic) bond motifs is 3. The molecule has 0 saturated carbocycles. The topological polar surface area (TPSA) is 34.9 Å². The molecule has 2 aromatic heterocycles. The number of nitrogens with zero attached hydrogens (tertiary/aromatic N) is 2. The lowest BCUT2D eigenvalue weighted by Gasteiger charge is -2.02. The van der Waals surface area contributed by atoms with Crippen molar-refractivity contribution in [2.24, 2.45) is 0 Å². The van der Waals surface area contributed by atoms with Crippen molar-refractivity contribution in [1.29, 1.82) is 0 Å². The van der Waals surface area contributed by atoms with Crippen LogP contribution in [0.3, 0.4) is 0 Å². The van der Waals surface area contributed by atoms with Gasteiger partial charge in [-0.05, 0) is 23.8 Å². The number of carbonyl (C=O) groups excluding carboxylic acids is 1. The van der Waals surface area contributed by atoms with Gasteiger partial charge in [0.15, 0.2) is 6.29 Å². The molecular weight excluding hydrogens is 284 g/mol. The van der Waals surface area contributed by atoms with Crippen molar-refractivity contribution in [1.82, 2.24) is 9.55 Å². The first kappa shape index (κ1) is 13.5. The average Bonchev–Trinajstić information content (AvgIpc) is 2.95. The Balaban J connectivity index is 2.03. The molecule has 3 heteroatoms. The minimum atomic E-state index is 0.455. The molecule has 110 valence electrons. The maximum Gasteiger partial charge on any atom is 0.170 e. The van der Waals surface area contributed by atoms with Gasteiger partial charge in [-0.3, -0.25) is 9.78 Å². The number of para-hydroxylation sites is 1. The Morgan fingerprint density at radius 3 is 2.48 bits per heavy atom. The molecule has 2 heterocycles. The van der Waals surface area contributed by atoms with Crippen LogP contribution in [0, 0.1) is 0 Å².